The van der Waals surface area contributed by atoms with Crippen LogP contribution in [0.4, 0.5) is 0 Å². The average Bonchev–Trinajstić information content (AvgIpc) is 3.51. The lowest BCUT2D eigenvalue weighted by atomic mass is 9.85. The van der Waals surface area contributed by atoms with E-state index in [1.807, 2.05) is 18.2 Å². The molecule has 1 aliphatic heterocycles. The molecule has 0 bridgehead atoms. The molecule has 2 unspecified atom stereocenters. The van der Waals surface area contributed by atoms with Gasteiger partial charge in [0.05, 0.1) is 14.2 Å². The molecule has 2 atom stereocenters. The van der Waals surface area contributed by atoms with E-state index in [1.165, 1.54) is 12.8 Å². The average molecular weight is 360 g/mol. The number of benzene rings is 1. The Morgan fingerprint density at radius 1 is 1.27 bits per heavy atom. The fourth-order valence-electron chi connectivity index (χ4n) is 3.92. The fourth-order valence-corrected chi connectivity index (χ4v) is 3.92. The lowest BCUT2D eigenvalue weighted by Crippen LogP contribution is -2.38. The molecule has 1 heterocycles. The number of nitrogens with zero attached hydrogens (tertiary/aromatic N) is 1. The summed E-state index contributed by atoms with van der Waals surface area (Å²) in [5.41, 5.74) is 1.01. The number of hydrogen-bond acceptors (Lipinski definition) is 4. The Morgan fingerprint density at radius 2 is 2.08 bits per heavy atom. The highest BCUT2D eigenvalue weighted by Crippen LogP contribution is 2.33. The highest BCUT2D eigenvalue weighted by atomic mass is 16.5. The Kier molecular flexibility index (Phi) is 6.41. The minimum absolute atomic E-state index is 0.274. The third kappa shape index (κ3) is 4.70. The molecule has 1 saturated carbocycles. The summed E-state index contributed by atoms with van der Waals surface area (Å²) in [6.45, 7) is 4.98. The van der Waals surface area contributed by atoms with Crippen LogP contribution in [0.25, 0.3) is 0 Å². The maximum atomic E-state index is 13.1. The van der Waals surface area contributed by atoms with E-state index in [4.69, 9.17) is 9.47 Å². The Labute approximate surface area is 157 Å². The number of carbonyl (C=O) groups excluding carboxylic acids is 1. The molecule has 3 rings (SSSR count). The molecule has 1 aliphatic carbocycles. The van der Waals surface area contributed by atoms with Crippen LogP contribution in [-0.2, 0) is 11.3 Å². The van der Waals surface area contributed by atoms with E-state index in [-0.39, 0.29) is 5.91 Å². The van der Waals surface area contributed by atoms with Crippen molar-refractivity contribution < 1.29 is 14.3 Å². The summed E-state index contributed by atoms with van der Waals surface area (Å²) < 4.78 is 10.9. The van der Waals surface area contributed by atoms with Crippen LogP contribution in [0.3, 0.4) is 0 Å². The first-order chi connectivity index (χ1) is 12.6. The summed E-state index contributed by atoms with van der Waals surface area (Å²) in [7, 11) is 3.34. The second-order valence-corrected chi connectivity index (χ2v) is 7.72. The van der Waals surface area contributed by atoms with Crippen molar-refractivity contribution in [2.45, 2.75) is 51.6 Å². The molecule has 1 amide bonds. The minimum Gasteiger partial charge on any atom is -0.497 e. The van der Waals surface area contributed by atoms with E-state index in [0.29, 0.717) is 30.8 Å². The molecule has 144 valence electrons. The van der Waals surface area contributed by atoms with E-state index >= 15 is 0 Å². The molecule has 1 aromatic rings. The zero-order valence-corrected chi connectivity index (χ0v) is 16.3. The smallest absolute Gasteiger partial charge is 0.223 e. The van der Waals surface area contributed by atoms with Gasteiger partial charge in [0.2, 0.25) is 5.91 Å². The highest BCUT2D eigenvalue weighted by Gasteiger charge is 2.34. The Bertz CT molecular complexity index is 609. The van der Waals surface area contributed by atoms with Gasteiger partial charge in [-0.3, -0.25) is 4.79 Å². The number of hydrogen-bond donors (Lipinski definition) is 1. The second-order valence-electron chi connectivity index (χ2n) is 7.72. The SMILES string of the molecule is COc1ccc(OC)c(CN(C(=O)CC(C)C2CCCNC2)C2CC2)c1. The van der Waals surface area contributed by atoms with Crippen molar-refractivity contribution in [1.82, 2.24) is 10.2 Å². The number of ether oxygens (including phenoxy) is 2. The molecule has 5 nitrogen and oxygen atoms in total. The van der Waals surface area contributed by atoms with E-state index < -0.39 is 0 Å². The number of piperidine rings is 1. The molecule has 1 N–H and O–H groups in total. The third-order valence-electron chi connectivity index (χ3n) is 5.77. The van der Waals surface area contributed by atoms with Crippen molar-refractivity contribution in [2.75, 3.05) is 27.3 Å². The van der Waals surface area contributed by atoms with Crippen LogP contribution in [0.1, 0.15) is 44.6 Å². The van der Waals surface area contributed by atoms with Gasteiger partial charge < -0.3 is 19.7 Å². The highest BCUT2D eigenvalue weighted by molar-refractivity contribution is 5.77. The summed E-state index contributed by atoms with van der Waals surface area (Å²) in [6.07, 6.45) is 5.30. The van der Waals surface area contributed by atoms with Crippen molar-refractivity contribution in [3.8, 4) is 11.5 Å². The van der Waals surface area contributed by atoms with Crippen molar-refractivity contribution >= 4 is 5.91 Å². The van der Waals surface area contributed by atoms with Gasteiger partial charge in [-0.2, -0.15) is 0 Å². The minimum atomic E-state index is 0.274. The monoisotopic (exact) mass is 360 g/mol. The first-order valence-corrected chi connectivity index (χ1v) is 9.83. The number of nitrogens with one attached hydrogen (secondary N) is 1. The second kappa shape index (κ2) is 8.76. The van der Waals surface area contributed by atoms with E-state index in [0.717, 1.165) is 43.0 Å². The standard InChI is InChI=1S/C21H32N2O3/c1-15(16-5-4-10-22-13-16)11-21(24)23(18-6-7-18)14-17-12-19(25-2)8-9-20(17)26-3/h8-9,12,15-16,18,22H,4-7,10-11,13-14H2,1-3H3. The molecule has 5 heteroatoms. The normalized spacial score (nSPS) is 21.1. The number of amides is 1. The lowest BCUT2D eigenvalue weighted by molar-refractivity contribution is -0.133. The van der Waals surface area contributed by atoms with Gasteiger partial charge in [0.1, 0.15) is 11.5 Å². The van der Waals surface area contributed by atoms with Crippen LogP contribution < -0.4 is 14.8 Å². The van der Waals surface area contributed by atoms with Gasteiger partial charge in [-0.25, -0.2) is 0 Å². The topological polar surface area (TPSA) is 50.8 Å². The predicted molar refractivity (Wildman–Crippen MR) is 102 cm³/mol. The van der Waals surface area contributed by atoms with Gasteiger partial charge in [0.15, 0.2) is 0 Å². The predicted octanol–water partition coefficient (Wildman–Crippen LogP) is 3.22. The van der Waals surface area contributed by atoms with E-state index in [2.05, 4.69) is 17.1 Å². The van der Waals surface area contributed by atoms with Gasteiger partial charge in [-0.15, -0.1) is 0 Å². The molecular formula is C21H32N2O3. The van der Waals surface area contributed by atoms with Crippen LogP contribution in [0.2, 0.25) is 0 Å². The Hall–Kier alpha value is -1.75. The molecular weight excluding hydrogens is 328 g/mol. The van der Waals surface area contributed by atoms with Crippen molar-refractivity contribution in [3.05, 3.63) is 23.8 Å². The van der Waals surface area contributed by atoms with Crippen LogP contribution in [0.15, 0.2) is 18.2 Å². The number of rotatable bonds is 8. The largest absolute Gasteiger partial charge is 0.497 e. The lowest BCUT2D eigenvalue weighted by Gasteiger charge is -2.30. The summed E-state index contributed by atoms with van der Waals surface area (Å²) in [4.78, 5) is 15.1. The zero-order valence-electron chi connectivity index (χ0n) is 16.3. The Balaban J connectivity index is 1.68. The van der Waals surface area contributed by atoms with Crippen LogP contribution in [0, 0.1) is 11.8 Å². The van der Waals surface area contributed by atoms with Gasteiger partial charge in [0.25, 0.3) is 0 Å². The summed E-state index contributed by atoms with van der Waals surface area (Å²) in [6, 6.07) is 6.18. The van der Waals surface area contributed by atoms with E-state index in [9.17, 15) is 4.79 Å². The van der Waals surface area contributed by atoms with E-state index in [1.54, 1.807) is 14.2 Å². The first-order valence-electron chi connectivity index (χ1n) is 9.83. The van der Waals surface area contributed by atoms with Crippen LogP contribution in [0.5, 0.6) is 11.5 Å². The number of methoxy groups -OCH3 is 2. The molecule has 1 saturated heterocycles. The van der Waals surface area contributed by atoms with Crippen LogP contribution >= 0.6 is 0 Å². The molecule has 0 spiro atoms. The van der Waals surface area contributed by atoms with Gasteiger partial charge >= 0.3 is 0 Å². The molecule has 0 radical (unpaired) electrons. The quantitative estimate of drug-likeness (QED) is 0.773. The van der Waals surface area contributed by atoms with Crippen molar-refractivity contribution in [1.29, 1.82) is 0 Å². The van der Waals surface area contributed by atoms with Crippen molar-refractivity contribution in [2.24, 2.45) is 11.8 Å². The third-order valence-corrected chi connectivity index (χ3v) is 5.77. The van der Waals surface area contributed by atoms with Gasteiger partial charge in [-0.05, 0) is 68.8 Å². The fraction of sp³-hybridized carbons (Fsp3) is 0.667. The maximum absolute atomic E-state index is 13.1. The Morgan fingerprint density at radius 3 is 2.69 bits per heavy atom. The first kappa shape index (κ1) is 19.0. The molecule has 2 aliphatic rings. The summed E-state index contributed by atoms with van der Waals surface area (Å²) >= 11 is 0. The van der Waals surface area contributed by atoms with Crippen LogP contribution in [-0.4, -0.2) is 44.2 Å². The molecule has 26 heavy (non-hydrogen) atoms. The van der Waals surface area contributed by atoms with Crippen molar-refractivity contribution in [3.63, 3.8) is 0 Å². The number of carbonyl (C=O) groups is 1. The molecule has 0 aromatic heterocycles. The summed E-state index contributed by atoms with van der Waals surface area (Å²) in [5, 5.41) is 3.47. The van der Waals surface area contributed by atoms with Gasteiger partial charge in [-0.1, -0.05) is 6.92 Å². The molecule has 1 aromatic carbocycles. The molecule has 2 fully saturated rings. The summed E-state index contributed by atoms with van der Waals surface area (Å²) in [5.74, 6) is 2.92. The zero-order chi connectivity index (χ0) is 18.5. The maximum Gasteiger partial charge on any atom is 0.223 e. The van der Waals surface area contributed by atoms with Gasteiger partial charge in [0, 0.05) is 24.6 Å².